The number of phenolic OH excluding ortho intramolecular Hbond substituents is 1. The van der Waals surface area contributed by atoms with Crippen LogP contribution in [0.1, 0.15) is 37.3 Å². The predicted molar refractivity (Wildman–Crippen MR) is 74.2 cm³/mol. The molecule has 2 nitrogen and oxygen atoms in total. The van der Waals surface area contributed by atoms with Crippen LogP contribution >= 0.6 is 11.6 Å². The first-order valence-corrected chi connectivity index (χ1v) is 7.17. The molecule has 3 aliphatic carbocycles. The molecule has 2 bridgehead atoms. The number of hydrogen-bond donors (Lipinski definition) is 1. The van der Waals surface area contributed by atoms with Crippen molar-refractivity contribution < 1.29 is 9.90 Å². The number of benzene rings is 1. The number of aromatic hydroxyl groups is 1. The highest BCUT2D eigenvalue weighted by atomic mass is 35.5. The van der Waals surface area contributed by atoms with E-state index in [1.807, 2.05) is 13.0 Å². The lowest BCUT2D eigenvalue weighted by Crippen LogP contribution is -2.26. The minimum absolute atomic E-state index is 0.114. The summed E-state index contributed by atoms with van der Waals surface area (Å²) in [5.41, 5.74) is 4.38. The predicted octanol–water partition coefficient (Wildman–Crippen LogP) is 3.74. The van der Waals surface area contributed by atoms with Gasteiger partial charge in [-0.3, -0.25) is 4.79 Å². The van der Waals surface area contributed by atoms with Gasteiger partial charge in [-0.05, 0) is 60.9 Å². The van der Waals surface area contributed by atoms with E-state index >= 15 is 0 Å². The van der Waals surface area contributed by atoms with Gasteiger partial charge in [0.05, 0.1) is 5.02 Å². The Balaban J connectivity index is 2.03. The van der Waals surface area contributed by atoms with E-state index in [1.165, 1.54) is 5.57 Å². The molecule has 1 aromatic rings. The molecule has 19 heavy (non-hydrogen) atoms. The summed E-state index contributed by atoms with van der Waals surface area (Å²) >= 11 is 6.26. The molecular formula is C16H15ClO2. The van der Waals surface area contributed by atoms with E-state index < -0.39 is 0 Å². The number of hydrogen-bond acceptors (Lipinski definition) is 2. The van der Waals surface area contributed by atoms with Gasteiger partial charge < -0.3 is 5.11 Å². The van der Waals surface area contributed by atoms with Crippen LogP contribution in [0.2, 0.25) is 5.02 Å². The average Bonchev–Trinajstić information content (AvgIpc) is 2.93. The fraction of sp³-hybridized carbons (Fsp3) is 0.438. The highest BCUT2D eigenvalue weighted by molar-refractivity contribution is 6.33. The van der Waals surface area contributed by atoms with E-state index in [2.05, 4.69) is 0 Å². The number of rotatable bonds is 0. The van der Waals surface area contributed by atoms with Gasteiger partial charge in [0, 0.05) is 11.3 Å². The number of ketones is 1. The van der Waals surface area contributed by atoms with Gasteiger partial charge in [0.15, 0.2) is 5.78 Å². The normalized spacial score (nSPS) is 31.7. The second-order valence-electron chi connectivity index (χ2n) is 6.19. The van der Waals surface area contributed by atoms with Gasteiger partial charge >= 0.3 is 0 Å². The Bertz CT molecular complexity index is 659. The molecule has 4 rings (SSSR count). The average molecular weight is 275 g/mol. The summed E-state index contributed by atoms with van der Waals surface area (Å²) in [5, 5.41) is 10.3. The second kappa shape index (κ2) is 3.43. The molecule has 0 aliphatic heterocycles. The van der Waals surface area contributed by atoms with Gasteiger partial charge in [-0.2, -0.15) is 0 Å². The van der Waals surface area contributed by atoms with Crippen molar-refractivity contribution in [2.24, 2.45) is 11.3 Å². The highest BCUT2D eigenvalue weighted by Crippen LogP contribution is 2.63. The number of halogens is 1. The van der Waals surface area contributed by atoms with Gasteiger partial charge in [0.1, 0.15) is 5.75 Å². The fourth-order valence-corrected chi connectivity index (χ4v) is 4.73. The molecule has 1 aromatic carbocycles. The molecule has 0 aromatic heterocycles. The number of phenols is 1. The molecule has 0 saturated heterocycles. The molecule has 1 fully saturated rings. The standard InChI is InChI=1S/C16H15ClO2/c1-8-13-10-2-3-12(18)14(17)11(10)7-16(13)5-4-9(6-16)15(8)19/h2-3,9,18H,4-7H2,1H3/t9-,16-/m1/s1. The zero-order chi connectivity index (χ0) is 13.4. The van der Waals surface area contributed by atoms with Crippen LogP contribution in [0.4, 0.5) is 0 Å². The maximum absolute atomic E-state index is 12.3. The molecule has 1 saturated carbocycles. The summed E-state index contributed by atoms with van der Waals surface area (Å²) < 4.78 is 0. The molecule has 3 aliphatic rings. The van der Waals surface area contributed by atoms with Crippen LogP contribution in [0.15, 0.2) is 17.7 Å². The van der Waals surface area contributed by atoms with Crippen LogP contribution in [0, 0.1) is 11.3 Å². The van der Waals surface area contributed by atoms with E-state index in [0.29, 0.717) is 10.8 Å². The topological polar surface area (TPSA) is 37.3 Å². The Morgan fingerprint density at radius 3 is 3.00 bits per heavy atom. The van der Waals surface area contributed by atoms with Gasteiger partial charge in [0.25, 0.3) is 0 Å². The Morgan fingerprint density at radius 2 is 2.21 bits per heavy atom. The number of allylic oxidation sites excluding steroid dienone is 2. The van der Waals surface area contributed by atoms with E-state index in [4.69, 9.17) is 11.6 Å². The van der Waals surface area contributed by atoms with E-state index in [-0.39, 0.29) is 17.1 Å². The Morgan fingerprint density at radius 1 is 1.42 bits per heavy atom. The Kier molecular flexibility index (Phi) is 2.08. The van der Waals surface area contributed by atoms with Crippen LogP contribution in [0.25, 0.3) is 5.57 Å². The summed E-state index contributed by atoms with van der Waals surface area (Å²) in [6, 6.07) is 3.57. The summed E-state index contributed by atoms with van der Waals surface area (Å²) in [4.78, 5) is 12.3. The third-order valence-corrected chi connectivity index (χ3v) is 5.68. The summed E-state index contributed by atoms with van der Waals surface area (Å²) in [6.45, 7) is 1.96. The molecule has 0 radical (unpaired) electrons. The minimum Gasteiger partial charge on any atom is -0.506 e. The van der Waals surface area contributed by atoms with Gasteiger partial charge in [-0.15, -0.1) is 0 Å². The van der Waals surface area contributed by atoms with Gasteiger partial charge in [-0.25, -0.2) is 0 Å². The largest absolute Gasteiger partial charge is 0.506 e. The van der Waals surface area contributed by atoms with Crippen LogP contribution in [-0.2, 0) is 11.2 Å². The zero-order valence-electron chi connectivity index (χ0n) is 10.8. The van der Waals surface area contributed by atoms with Crippen LogP contribution in [0.5, 0.6) is 5.75 Å². The monoisotopic (exact) mass is 274 g/mol. The van der Waals surface area contributed by atoms with Crippen LogP contribution < -0.4 is 0 Å². The van der Waals surface area contributed by atoms with Crippen molar-refractivity contribution in [3.05, 3.63) is 33.9 Å². The van der Waals surface area contributed by atoms with Gasteiger partial charge in [0.2, 0.25) is 0 Å². The summed E-state index contributed by atoms with van der Waals surface area (Å²) in [7, 11) is 0. The molecule has 0 unspecified atom stereocenters. The summed E-state index contributed by atoms with van der Waals surface area (Å²) in [6.07, 6.45) is 3.91. The van der Waals surface area contributed by atoms with Crippen molar-refractivity contribution in [2.45, 2.75) is 32.6 Å². The molecule has 1 N–H and O–H groups in total. The van der Waals surface area contributed by atoms with Crippen molar-refractivity contribution in [2.75, 3.05) is 0 Å². The SMILES string of the molecule is CC1=C2c3ccc(O)c(Cl)c3C[C@]23CC[C@H](C3)C1=O. The molecule has 98 valence electrons. The number of carbonyl (C=O) groups excluding carboxylic acids is 1. The quantitative estimate of drug-likeness (QED) is 0.782. The highest BCUT2D eigenvalue weighted by Gasteiger charge is 2.53. The number of fused-ring (bicyclic) bond motifs is 3. The lowest BCUT2D eigenvalue weighted by atomic mass is 9.71. The van der Waals surface area contributed by atoms with E-state index in [1.54, 1.807) is 6.07 Å². The zero-order valence-corrected chi connectivity index (χ0v) is 11.5. The molecule has 2 atom stereocenters. The lowest BCUT2D eigenvalue weighted by Gasteiger charge is -2.31. The first kappa shape index (κ1) is 11.5. The first-order chi connectivity index (χ1) is 9.03. The Hall–Kier alpha value is -1.28. The molecule has 0 amide bonds. The number of Topliss-reactive ketones (excluding diaryl/α,β-unsaturated/α-hetero) is 1. The van der Waals surface area contributed by atoms with Crippen molar-refractivity contribution in [3.63, 3.8) is 0 Å². The second-order valence-corrected chi connectivity index (χ2v) is 6.56. The smallest absolute Gasteiger partial charge is 0.161 e. The van der Waals surface area contributed by atoms with Crippen molar-refractivity contribution >= 4 is 23.0 Å². The minimum atomic E-state index is 0.114. The van der Waals surface area contributed by atoms with Crippen molar-refractivity contribution in [3.8, 4) is 5.75 Å². The third kappa shape index (κ3) is 1.26. The maximum Gasteiger partial charge on any atom is 0.161 e. The third-order valence-electron chi connectivity index (χ3n) is 5.26. The van der Waals surface area contributed by atoms with Crippen LogP contribution in [-0.4, -0.2) is 10.9 Å². The maximum atomic E-state index is 12.3. The Labute approximate surface area is 117 Å². The molecular weight excluding hydrogens is 260 g/mol. The first-order valence-electron chi connectivity index (χ1n) is 6.80. The summed E-state index contributed by atoms with van der Waals surface area (Å²) in [5.74, 6) is 0.681. The molecule has 3 heteroatoms. The lowest BCUT2D eigenvalue weighted by molar-refractivity contribution is -0.119. The van der Waals surface area contributed by atoms with Crippen LogP contribution in [0.3, 0.4) is 0 Å². The molecule has 1 spiro atoms. The number of carbonyl (C=O) groups is 1. The fourth-order valence-electron chi connectivity index (χ4n) is 4.50. The van der Waals surface area contributed by atoms with E-state index in [9.17, 15) is 9.90 Å². The van der Waals surface area contributed by atoms with E-state index in [0.717, 1.165) is 42.4 Å². The molecule has 0 heterocycles. The van der Waals surface area contributed by atoms with Gasteiger partial charge in [-0.1, -0.05) is 17.7 Å². The van der Waals surface area contributed by atoms with Crippen molar-refractivity contribution in [1.29, 1.82) is 0 Å². The van der Waals surface area contributed by atoms with Crippen molar-refractivity contribution in [1.82, 2.24) is 0 Å².